The first-order chi connectivity index (χ1) is 5.07. The highest BCUT2D eigenvalue weighted by molar-refractivity contribution is 5.56. The summed E-state index contributed by atoms with van der Waals surface area (Å²) in [4.78, 5) is 0. The molecular formula is C8H5F3. The topological polar surface area (TPSA) is 0 Å². The van der Waals surface area contributed by atoms with Crippen molar-refractivity contribution in [3.8, 4) is 0 Å². The highest BCUT2D eigenvalue weighted by atomic mass is 19.4. The Labute approximate surface area is 61.7 Å². The Balaban J connectivity index is 2.45. The molecule has 2 aliphatic carbocycles. The summed E-state index contributed by atoms with van der Waals surface area (Å²) < 4.78 is 36.2. The van der Waals surface area contributed by atoms with Gasteiger partial charge in [-0.1, -0.05) is 12.2 Å². The van der Waals surface area contributed by atoms with Crippen LogP contribution in [-0.2, 0) is 0 Å². The molecule has 11 heavy (non-hydrogen) atoms. The van der Waals surface area contributed by atoms with Gasteiger partial charge in [0.05, 0.1) is 5.57 Å². The van der Waals surface area contributed by atoms with Gasteiger partial charge < -0.3 is 0 Å². The monoisotopic (exact) mass is 158 g/mol. The van der Waals surface area contributed by atoms with E-state index in [1.54, 1.807) is 6.08 Å². The summed E-state index contributed by atoms with van der Waals surface area (Å²) >= 11 is 0. The lowest BCUT2D eigenvalue weighted by molar-refractivity contribution is -0.0885. The number of rotatable bonds is 0. The minimum atomic E-state index is -4.16. The molecule has 0 radical (unpaired) electrons. The van der Waals surface area contributed by atoms with Crippen LogP contribution in [0.25, 0.3) is 0 Å². The zero-order chi connectivity index (χ0) is 8.06. The highest BCUT2D eigenvalue weighted by Gasteiger charge is 2.37. The lowest BCUT2D eigenvalue weighted by Crippen LogP contribution is -2.10. The molecule has 2 bridgehead atoms. The van der Waals surface area contributed by atoms with Gasteiger partial charge in [-0.3, -0.25) is 0 Å². The first kappa shape index (κ1) is 6.70. The summed E-state index contributed by atoms with van der Waals surface area (Å²) in [5.74, 6) is 0. The van der Waals surface area contributed by atoms with E-state index < -0.39 is 11.7 Å². The number of fused-ring (bicyclic) bond motifs is 2. The number of halogens is 3. The van der Waals surface area contributed by atoms with Crippen LogP contribution in [0.4, 0.5) is 13.2 Å². The Hall–Kier alpha value is -0.990. The molecule has 0 atom stereocenters. The van der Waals surface area contributed by atoms with Crippen molar-refractivity contribution in [1.29, 1.82) is 0 Å². The predicted molar refractivity (Wildman–Crippen MR) is 34.9 cm³/mol. The van der Waals surface area contributed by atoms with Crippen molar-refractivity contribution in [2.24, 2.45) is 0 Å². The average Bonchev–Trinajstić information content (AvgIpc) is 2.42. The lowest BCUT2D eigenvalue weighted by Gasteiger charge is -2.07. The smallest absolute Gasteiger partial charge is 0.166 e. The second-order valence-electron chi connectivity index (χ2n) is 2.67. The molecule has 0 N–H and O–H groups in total. The maximum atomic E-state index is 12.1. The average molecular weight is 158 g/mol. The Bertz CT molecular complexity index is 289. The zero-order valence-corrected chi connectivity index (χ0v) is 5.57. The van der Waals surface area contributed by atoms with Gasteiger partial charge in [0.25, 0.3) is 0 Å². The molecule has 0 amide bonds. The maximum absolute atomic E-state index is 12.1. The van der Waals surface area contributed by atoms with Gasteiger partial charge in [-0.25, -0.2) is 0 Å². The molecule has 0 heterocycles. The van der Waals surface area contributed by atoms with Crippen molar-refractivity contribution in [3.05, 3.63) is 34.9 Å². The fourth-order valence-electron chi connectivity index (χ4n) is 1.37. The van der Waals surface area contributed by atoms with Crippen LogP contribution in [0.3, 0.4) is 0 Å². The highest BCUT2D eigenvalue weighted by Crippen LogP contribution is 2.41. The molecule has 0 aliphatic heterocycles. The largest absolute Gasteiger partial charge is 0.416 e. The van der Waals surface area contributed by atoms with E-state index in [4.69, 9.17) is 0 Å². The third-order valence-corrected chi connectivity index (χ3v) is 1.87. The quantitative estimate of drug-likeness (QED) is 0.508. The number of allylic oxidation sites excluding steroid dienone is 6. The minimum absolute atomic E-state index is 0.410. The van der Waals surface area contributed by atoms with Gasteiger partial charge in [0.15, 0.2) is 0 Å². The molecule has 0 unspecified atom stereocenters. The van der Waals surface area contributed by atoms with Gasteiger partial charge >= 0.3 is 6.18 Å². The van der Waals surface area contributed by atoms with E-state index >= 15 is 0 Å². The van der Waals surface area contributed by atoms with Crippen LogP contribution in [0.1, 0.15) is 6.42 Å². The van der Waals surface area contributed by atoms with Crippen LogP contribution in [0.5, 0.6) is 0 Å². The van der Waals surface area contributed by atoms with Crippen LogP contribution in [0, 0.1) is 0 Å². The molecule has 0 aromatic heterocycles. The molecule has 0 spiro atoms. The van der Waals surface area contributed by atoms with E-state index in [-0.39, 0.29) is 0 Å². The predicted octanol–water partition coefficient (Wildman–Crippen LogP) is 2.75. The Kier molecular flexibility index (Phi) is 1.09. The van der Waals surface area contributed by atoms with Gasteiger partial charge in [0, 0.05) is 0 Å². The summed E-state index contributed by atoms with van der Waals surface area (Å²) in [6.45, 7) is 0. The van der Waals surface area contributed by atoms with Crippen molar-refractivity contribution < 1.29 is 13.2 Å². The Morgan fingerprint density at radius 3 is 2.18 bits per heavy atom. The Morgan fingerprint density at radius 1 is 1.18 bits per heavy atom. The van der Waals surface area contributed by atoms with Crippen molar-refractivity contribution in [1.82, 2.24) is 0 Å². The van der Waals surface area contributed by atoms with Gasteiger partial charge in [-0.05, 0) is 23.6 Å². The molecule has 58 valence electrons. The van der Waals surface area contributed by atoms with Crippen LogP contribution in [0.2, 0.25) is 0 Å². The van der Waals surface area contributed by atoms with Gasteiger partial charge in [-0.2, -0.15) is 13.2 Å². The molecule has 0 aromatic carbocycles. The fraction of sp³-hybridized carbons (Fsp3) is 0.250. The van der Waals surface area contributed by atoms with Crippen LogP contribution >= 0.6 is 0 Å². The fourth-order valence-corrected chi connectivity index (χ4v) is 1.37. The molecule has 0 saturated heterocycles. The molecule has 2 rings (SSSR count). The van der Waals surface area contributed by atoms with E-state index in [1.165, 1.54) is 12.2 Å². The molecular weight excluding hydrogens is 153 g/mol. The van der Waals surface area contributed by atoms with Gasteiger partial charge in [-0.15, -0.1) is 0 Å². The Morgan fingerprint density at radius 2 is 1.91 bits per heavy atom. The first-order valence-corrected chi connectivity index (χ1v) is 3.26. The van der Waals surface area contributed by atoms with Gasteiger partial charge in [0.2, 0.25) is 0 Å². The molecule has 2 aliphatic rings. The van der Waals surface area contributed by atoms with Crippen LogP contribution < -0.4 is 0 Å². The summed E-state index contributed by atoms with van der Waals surface area (Å²) in [5, 5.41) is 0. The second-order valence-corrected chi connectivity index (χ2v) is 2.67. The molecule has 0 nitrogen and oxygen atoms in total. The standard InChI is InChI=1S/C8H5F3/c9-8(10,11)7-4-5-1-2-6(7)3-5/h1-2,4H,3H2. The van der Waals surface area contributed by atoms with E-state index in [0.29, 0.717) is 12.0 Å². The lowest BCUT2D eigenvalue weighted by atomic mass is 10.1. The summed E-state index contributed by atoms with van der Waals surface area (Å²) in [6, 6.07) is 0. The minimum Gasteiger partial charge on any atom is -0.166 e. The second kappa shape index (κ2) is 1.78. The molecule has 0 fully saturated rings. The molecule has 3 heteroatoms. The van der Waals surface area contributed by atoms with Gasteiger partial charge in [0.1, 0.15) is 0 Å². The van der Waals surface area contributed by atoms with Crippen molar-refractivity contribution in [3.63, 3.8) is 0 Å². The number of hydrogen-bond acceptors (Lipinski definition) is 0. The summed E-state index contributed by atoms with van der Waals surface area (Å²) in [7, 11) is 0. The maximum Gasteiger partial charge on any atom is 0.416 e. The first-order valence-electron chi connectivity index (χ1n) is 3.26. The SMILES string of the molecule is FC(F)(F)C1=C2C=CC(=C1)C2. The van der Waals surface area contributed by atoms with Crippen molar-refractivity contribution in [2.45, 2.75) is 12.6 Å². The summed E-state index contributed by atoms with van der Waals surface area (Å²) in [6.07, 6.45) is 0.786. The number of alkyl halides is 3. The van der Waals surface area contributed by atoms with E-state index in [0.717, 1.165) is 5.57 Å². The van der Waals surface area contributed by atoms with Crippen molar-refractivity contribution >= 4 is 0 Å². The molecule has 0 aromatic rings. The third kappa shape index (κ3) is 0.914. The normalized spacial score (nSPS) is 21.5. The number of hydrogen-bond donors (Lipinski definition) is 0. The van der Waals surface area contributed by atoms with Crippen molar-refractivity contribution in [2.75, 3.05) is 0 Å². The van der Waals surface area contributed by atoms with E-state index in [2.05, 4.69) is 0 Å². The van der Waals surface area contributed by atoms with Crippen LogP contribution in [0.15, 0.2) is 34.9 Å². The third-order valence-electron chi connectivity index (χ3n) is 1.87. The zero-order valence-electron chi connectivity index (χ0n) is 5.57. The van der Waals surface area contributed by atoms with E-state index in [1.807, 2.05) is 0 Å². The molecule has 0 saturated carbocycles. The van der Waals surface area contributed by atoms with Crippen LogP contribution in [-0.4, -0.2) is 6.18 Å². The summed E-state index contributed by atoms with van der Waals surface area (Å²) in [5.41, 5.74) is 0.717. The van der Waals surface area contributed by atoms with E-state index in [9.17, 15) is 13.2 Å².